The second-order valence-corrected chi connectivity index (χ2v) is 10.8. The normalized spacial score (nSPS) is 43.5. The van der Waals surface area contributed by atoms with Crippen molar-refractivity contribution in [2.24, 2.45) is 28.6 Å². The molecule has 0 aliphatic heterocycles. The van der Waals surface area contributed by atoms with E-state index in [2.05, 4.69) is 32.9 Å². The summed E-state index contributed by atoms with van der Waals surface area (Å²) in [6, 6.07) is 0. The molecule has 0 heterocycles. The Labute approximate surface area is 185 Å². The zero-order chi connectivity index (χ0) is 22.8. The predicted octanol–water partition coefficient (Wildman–Crippen LogP) is 4.94. The van der Waals surface area contributed by atoms with Crippen molar-refractivity contribution in [2.45, 2.75) is 91.8 Å². The van der Waals surface area contributed by atoms with E-state index in [4.69, 9.17) is 9.47 Å². The molecular weight excluding hydrogens is 392 g/mol. The van der Waals surface area contributed by atoms with Crippen LogP contribution in [0.1, 0.15) is 80.1 Å². The van der Waals surface area contributed by atoms with Crippen molar-refractivity contribution in [3.8, 4) is 0 Å². The van der Waals surface area contributed by atoms with E-state index < -0.39 is 5.60 Å². The molecule has 0 bridgehead atoms. The average Bonchev–Trinajstić information content (AvgIpc) is 2.96. The molecule has 0 unspecified atom stereocenters. The number of ketones is 1. The molecule has 5 heteroatoms. The molecule has 0 amide bonds. The molecule has 0 saturated heterocycles. The maximum atomic E-state index is 12.9. The molecule has 4 aliphatic rings. The van der Waals surface area contributed by atoms with Crippen LogP contribution in [0.15, 0.2) is 23.3 Å². The molecule has 0 radical (unpaired) electrons. The van der Waals surface area contributed by atoms with Crippen LogP contribution in [0.25, 0.3) is 0 Å². The fraction of sp³-hybridized carbons (Fsp3) is 0.731. The molecule has 0 spiro atoms. The minimum atomic E-state index is -1.000. The first-order valence-electron chi connectivity index (χ1n) is 11.7. The number of allylic oxidation sites excluding steroid dienone is 3. The van der Waals surface area contributed by atoms with Gasteiger partial charge in [0.25, 0.3) is 0 Å². The zero-order valence-electron chi connectivity index (χ0n) is 19.7. The lowest BCUT2D eigenvalue weighted by atomic mass is 9.47. The summed E-state index contributed by atoms with van der Waals surface area (Å²) in [6.45, 7) is 11.2. The van der Waals surface area contributed by atoms with Crippen LogP contribution in [0.3, 0.4) is 0 Å². The lowest BCUT2D eigenvalue weighted by Gasteiger charge is -2.58. The van der Waals surface area contributed by atoms with Gasteiger partial charge >= 0.3 is 11.9 Å². The van der Waals surface area contributed by atoms with Crippen molar-refractivity contribution in [3.05, 3.63) is 23.3 Å². The van der Waals surface area contributed by atoms with Crippen LogP contribution in [0.2, 0.25) is 0 Å². The number of carbonyl (C=O) groups is 3. The van der Waals surface area contributed by atoms with Gasteiger partial charge in [-0.25, -0.2) is 0 Å². The van der Waals surface area contributed by atoms with Crippen LogP contribution in [0.5, 0.6) is 0 Å². The molecule has 7 atom stereocenters. The van der Waals surface area contributed by atoms with Gasteiger partial charge in [0.15, 0.2) is 11.4 Å². The minimum Gasteiger partial charge on any atom is -0.458 e. The first-order valence-corrected chi connectivity index (χ1v) is 11.7. The highest BCUT2D eigenvalue weighted by atomic mass is 16.6. The van der Waals surface area contributed by atoms with Gasteiger partial charge in [-0.15, -0.1) is 0 Å². The van der Waals surface area contributed by atoms with Gasteiger partial charge < -0.3 is 9.47 Å². The summed E-state index contributed by atoms with van der Waals surface area (Å²) in [4.78, 5) is 36.3. The Morgan fingerprint density at radius 3 is 2.19 bits per heavy atom. The molecule has 31 heavy (non-hydrogen) atoms. The smallest absolute Gasteiger partial charge is 0.303 e. The van der Waals surface area contributed by atoms with Crippen molar-refractivity contribution in [2.75, 3.05) is 0 Å². The molecule has 2 fully saturated rings. The Kier molecular flexibility index (Phi) is 5.26. The maximum absolute atomic E-state index is 12.9. The van der Waals surface area contributed by atoms with E-state index in [1.807, 2.05) is 0 Å². The van der Waals surface area contributed by atoms with Gasteiger partial charge in [-0.1, -0.05) is 25.5 Å². The third-order valence-corrected chi connectivity index (χ3v) is 9.26. The Morgan fingerprint density at radius 1 is 0.903 bits per heavy atom. The number of hydrogen-bond donors (Lipinski definition) is 0. The van der Waals surface area contributed by atoms with Crippen LogP contribution in [0, 0.1) is 28.6 Å². The Morgan fingerprint density at radius 2 is 1.58 bits per heavy atom. The molecule has 4 rings (SSSR count). The molecule has 170 valence electrons. The first-order chi connectivity index (χ1) is 14.4. The number of fused-ring (bicyclic) bond motifs is 5. The molecule has 5 nitrogen and oxygen atoms in total. The number of ether oxygens (including phenoxy) is 2. The maximum Gasteiger partial charge on any atom is 0.303 e. The third kappa shape index (κ3) is 3.14. The minimum absolute atomic E-state index is 0.0173. The van der Waals surface area contributed by atoms with Crippen LogP contribution >= 0.6 is 0 Å². The van der Waals surface area contributed by atoms with Gasteiger partial charge in [-0.2, -0.15) is 0 Å². The SMILES string of the molecule is CC(=O)O[C@@H]1C=C2C(C)=C[C@H]3[C@@H](CC[C@]4(C)[C@@H]3CC[C@@]4(OC(C)=O)C(C)=O)[C@@]2(C)CC1. The van der Waals surface area contributed by atoms with E-state index in [1.165, 1.54) is 25.0 Å². The van der Waals surface area contributed by atoms with Gasteiger partial charge in [-0.3, -0.25) is 14.4 Å². The van der Waals surface area contributed by atoms with Crippen LogP contribution < -0.4 is 0 Å². The second-order valence-electron chi connectivity index (χ2n) is 10.8. The highest BCUT2D eigenvalue weighted by Gasteiger charge is 2.67. The monoisotopic (exact) mass is 428 g/mol. The van der Waals surface area contributed by atoms with E-state index in [0.717, 1.165) is 32.1 Å². The van der Waals surface area contributed by atoms with Crippen molar-refractivity contribution in [3.63, 3.8) is 0 Å². The van der Waals surface area contributed by atoms with Crippen molar-refractivity contribution >= 4 is 17.7 Å². The van der Waals surface area contributed by atoms with E-state index in [0.29, 0.717) is 24.2 Å². The van der Waals surface area contributed by atoms with Crippen molar-refractivity contribution in [1.82, 2.24) is 0 Å². The lowest BCUT2D eigenvalue weighted by molar-refractivity contribution is -0.185. The van der Waals surface area contributed by atoms with Gasteiger partial charge in [0.1, 0.15) is 6.10 Å². The van der Waals surface area contributed by atoms with E-state index in [1.54, 1.807) is 6.92 Å². The molecule has 2 saturated carbocycles. The fourth-order valence-electron chi connectivity index (χ4n) is 7.92. The number of carbonyl (C=O) groups excluding carboxylic acids is 3. The highest BCUT2D eigenvalue weighted by molar-refractivity contribution is 5.89. The second kappa shape index (κ2) is 7.31. The van der Waals surface area contributed by atoms with E-state index >= 15 is 0 Å². The van der Waals surface area contributed by atoms with Gasteiger partial charge in [-0.05, 0) is 87.2 Å². The quantitative estimate of drug-likeness (QED) is 0.596. The van der Waals surface area contributed by atoms with E-state index in [9.17, 15) is 14.4 Å². The summed E-state index contributed by atoms with van der Waals surface area (Å²) in [6.07, 6.45) is 9.69. The Bertz CT molecular complexity index is 884. The number of hydrogen-bond acceptors (Lipinski definition) is 5. The summed E-state index contributed by atoms with van der Waals surface area (Å²) in [7, 11) is 0. The average molecular weight is 429 g/mol. The highest BCUT2D eigenvalue weighted by Crippen LogP contribution is 2.68. The van der Waals surface area contributed by atoms with Gasteiger partial charge in [0, 0.05) is 19.3 Å². The Hall–Kier alpha value is -1.91. The summed E-state index contributed by atoms with van der Waals surface area (Å²) >= 11 is 0. The number of rotatable bonds is 3. The van der Waals surface area contributed by atoms with Crippen molar-refractivity contribution < 1.29 is 23.9 Å². The molecular formula is C26H36O5. The molecule has 0 aromatic carbocycles. The number of Topliss-reactive ketones (excluding diaryl/α,β-unsaturated/α-hetero) is 1. The Balaban J connectivity index is 1.73. The molecule has 0 aromatic heterocycles. The summed E-state index contributed by atoms with van der Waals surface area (Å²) in [5.41, 5.74) is 1.29. The summed E-state index contributed by atoms with van der Waals surface area (Å²) in [5, 5.41) is 0. The number of esters is 2. The van der Waals surface area contributed by atoms with Gasteiger partial charge in [0.05, 0.1) is 0 Å². The van der Waals surface area contributed by atoms with Gasteiger partial charge in [0.2, 0.25) is 0 Å². The largest absolute Gasteiger partial charge is 0.458 e. The van der Waals surface area contributed by atoms with Crippen LogP contribution in [-0.4, -0.2) is 29.4 Å². The molecule has 4 aliphatic carbocycles. The predicted molar refractivity (Wildman–Crippen MR) is 117 cm³/mol. The summed E-state index contributed by atoms with van der Waals surface area (Å²) in [5.74, 6) is 0.550. The van der Waals surface area contributed by atoms with Crippen molar-refractivity contribution in [1.29, 1.82) is 0 Å². The topological polar surface area (TPSA) is 69.7 Å². The zero-order valence-corrected chi connectivity index (χ0v) is 19.7. The first kappa shape index (κ1) is 22.3. The van der Waals surface area contributed by atoms with E-state index in [-0.39, 0.29) is 34.7 Å². The summed E-state index contributed by atoms with van der Waals surface area (Å²) < 4.78 is 11.4. The van der Waals surface area contributed by atoms with Crippen LogP contribution in [0.4, 0.5) is 0 Å². The lowest BCUT2D eigenvalue weighted by Crippen LogP contribution is -2.58. The third-order valence-electron chi connectivity index (χ3n) is 9.26. The van der Waals surface area contributed by atoms with Crippen LogP contribution in [-0.2, 0) is 23.9 Å². The fourth-order valence-corrected chi connectivity index (χ4v) is 7.92. The molecule has 0 N–H and O–H groups in total. The standard InChI is InChI=1S/C26H36O5/c1-15-13-20-21(24(5)10-7-19(14-23(15)24)30-17(3)28)8-11-25(6)22(20)9-12-26(25,16(2)27)31-18(4)29/h13-14,19-22H,7-12H2,1-6H3/t19-,20-,21+,22+,24+,25+,26+/m0/s1. The molecule has 0 aromatic rings.